The lowest BCUT2D eigenvalue weighted by molar-refractivity contribution is -0.127. The summed E-state index contributed by atoms with van der Waals surface area (Å²) in [4.78, 5) is 26.5. The van der Waals surface area contributed by atoms with E-state index in [1.165, 1.54) is 0 Å². The number of likely N-dealkylation sites (N-methyl/N-ethyl adjacent to an activating group) is 1. The van der Waals surface area contributed by atoms with Crippen LogP contribution in [0.2, 0.25) is 10.0 Å². The number of rotatable bonds is 8. The molecule has 0 unspecified atom stereocenters. The molecule has 0 spiro atoms. The van der Waals surface area contributed by atoms with Crippen molar-refractivity contribution in [2.75, 3.05) is 26.0 Å². The number of hydrogen-bond donors (Lipinski definition) is 2. The van der Waals surface area contributed by atoms with Crippen molar-refractivity contribution in [1.82, 2.24) is 10.2 Å². The van der Waals surface area contributed by atoms with Crippen LogP contribution in [0.4, 0.5) is 5.69 Å². The third-order valence-electron chi connectivity index (χ3n) is 4.60. The molecule has 0 fully saturated rings. The maximum Gasteiger partial charge on any atom is 0.238 e. The molecule has 0 radical (unpaired) electrons. The molecule has 2 aromatic rings. The molecule has 0 aliphatic rings. The average molecular weight is 438 g/mol. The Morgan fingerprint density at radius 1 is 1.10 bits per heavy atom. The molecule has 2 N–H and O–H groups in total. The van der Waals surface area contributed by atoms with Gasteiger partial charge in [0.1, 0.15) is 5.75 Å². The predicted octanol–water partition coefficient (Wildman–Crippen LogP) is 4.14. The summed E-state index contributed by atoms with van der Waals surface area (Å²) in [6.45, 7) is 3.65. The lowest BCUT2D eigenvalue weighted by Gasteiger charge is -2.25. The van der Waals surface area contributed by atoms with Gasteiger partial charge in [-0.2, -0.15) is 0 Å². The lowest BCUT2D eigenvalue weighted by Crippen LogP contribution is -2.46. The minimum Gasteiger partial charge on any atom is -0.497 e. The van der Waals surface area contributed by atoms with Gasteiger partial charge in [0.25, 0.3) is 0 Å². The Bertz CT molecular complexity index is 859. The van der Waals surface area contributed by atoms with E-state index in [2.05, 4.69) is 10.6 Å². The third kappa shape index (κ3) is 6.63. The molecule has 0 saturated heterocycles. The van der Waals surface area contributed by atoms with Gasteiger partial charge in [0.15, 0.2) is 0 Å². The largest absolute Gasteiger partial charge is 0.497 e. The summed E-state index contributed by atoms with van der Waals surface area (Å²) >= 11 is 12.1. The van der Waals surface area contributed by atoms with Crippen molar-refractivity contribution in [3.8, 4) is 5.75 Å². The van der Waals surface area contributed by atoms with Crippen molar-refractivity contribution in [3.63, 3.8) is 0 Å². The van der Waals surface area contributed by atoms with Crippen LogP contribution in [0.25, 0.3) is 0 Å². The molecule has 2 amide bonds. The smallest absolute Gasteiger partial charge is 0.238 e. The van der Waals surface area contributed by atoms with Crippen LogP contribution in [-0.2, 0) is 9.59 Å². The zero-order chi connectivity index (χ0) is 21.6. The van der Waals surface area contributed by atoms with E-state index in [4.69, 9.17) is 27.9 Å². The van der Waals surface area contributed by atoms with Gasteiger partial charge in [-0.25, -0.2) is 0 Å². The Labute approximate surface area is 181 Å². The first kappa shape index (κ1) is 23.0. The van der Waals surface area contributed by atoms with Gasteiger partial charge in [-0.1, -0.05) is 29.3 Å². The first-order valence-electron chi connectivity index (χ1n) is 9.10. The van der Waals surface area contributed by atoms with Crippen molar-refractivity contribution in [3.05, 3.63) is 58.1 Å². The van der Waals surface area contributed by atoms with Crippen LogP contribution in [0, 0.1) is 0 Å². The van der Waals surface area contributed by atoms with Crippen molar-refractivity contribution in [2.24, 2.45) is 0 Å². The molecule has 2 aromatic carbocycles. The monoisotopic (exact) mass is 437 g/mol. The van der Waals surface area contributed by atoms with Crippen LogP contribution in [0.15, 0.2) is 42.5 Å². The Kier molecular flexibility index (Phi) is 8.32. The molecule has 8 heteroatoms. The van der Waals surface area contributed by atoms with Crippen molar-refractivity contribution >= 4 is 40.7 Å². The molecule has 156 valence electrons. The van der Waals surface area contributed by atoms with Gasteiger partial charge in [0, 0.05) is 15.7 Å². The first-order valence-corrected chi connectivity index (χ1v) is 9.86. The van der Waals surface area contributed by atoms with Gasteiger partial charge >= 0.3 is 0 Å². The van der Waals surface area contributed by atoms with Crippen LogP contribution in [0.5, 0.6) is 5.75 Å². The molecule has 6 nitrogen and oxygen atoms in total. The number of nitrogens with one attached hydrogen (secondary N) is 2. The van der Waals surface area contributed by atoms with E-state index >= 15 is 0 Å². The maximum atomic E-state index is 12.6. The summed E-state index contributed by atoms with van der Waals surface area (Å²) in [5, 5.41) is 6.74. The molecular formula is C21H25Cl2N3O3. The molecule has 29 heavy (non-hydrogen) atoms. The van der Waals surface area contributed by atoms with Crippen LogP contribution in [-0.4, -0.2) is 43.5 Å². The summed E-state index contributed by atoms with van der Waals surface area (Å²) in [7, 11) is 3.30. The highest BCUT2D eigenvalue weighted by Crippen LogP contribution is 2.26. The zero-order valence-corrected chi connectivity index (χ0v) is 18.3. The van der Waals surface area contributed by atoms with E-state index < -0.39 is 6.04 Å². The van der Waals surface area contributed by atoms with E-state index in [0.29, 0.717) is 21.5 Å². The minimum absolute atomic E-state index is 0.0662. The number of benzene rings is 2. The molecule has 0 heterocycles. The standard InChI is InChI=1S/C21H25Cl2N3O3/c1-13(18-10-5-15(22)11-19(18)23)24-21(28)14(2)26(3)12-20(27)25-16-6-8-17(29-4)9-7-16/h5-11,13-14H,12H2,1-4H3,(H,24,28)(H,25,27)/t13-,14-/m1/s1. The molecule has 0 aliphatic heterocycles. The highest BCUT2D eigenvalue weighted by atomic mass is 35.5. The fraction of sp³-hybridized carbons (Fsp3) is 0.333. The van der Waals surface area contributed by atoms with Gasteiger partial charge in [0.05, 0.1) is 25.7 Å². The second-order valence-corrected chi connectivity index (χ2v) is 7.61. The first-order chi connectivity index (χ1) is 13.7. The quantitative estimate of drug-likeness (QED) is 0.650. The van der Waals surface area contributed by atoms with Gasteiger partial charge in [-0.05, 0) is 62.9 Å². The van der Waals surface area contributed by atoms with Gasteiger partial charge in [0.2, 0.25) is 11.8 Å². The molecule has 0 aromatic heterocycles. The minimum atomic E-state index is -0.509. The topological polar surface area (TPSA) is 70.7 Å². The van der Waals surface area contributed by atoms with E-state index in [1.807, 2.05) is 6.92 Å². The van der Waals surface area contributed by atoms with Crippen LogP contribution < -0.4 is 15.4 Å². The highest BCUT2D eigenvalue weighted by Gasteiger charge is 2.22. The van der Waals surface area contributed by atoms with E-state index in [-0.39, 0.29) is 24.4 Å². The normalized spacial score (nSPS) is 12.9. The van der Waals surface area contributed by atoms with Crippen molar-refractivity contribution in [1.29, 1.82) is 0 Å². The Balaban J connectivity index is 1.89. The molecular weight excluding hydrogens is 413 g/mol. The maximum absolute atomic E-state index is 12.6. The number of methoxy groups -OCH3 is 1. The number of halogens is 2. The van der Waals surface area contributed by atoms with E-state index in [1.54, 1.807) is 68.4 Å². The van der Waals surface area contributed by atoms with Crippen LogP contribution >= 0.6 is 23.2 Å². The number of ether oxygens (including phenoxy) is 1. The summed E-state index contributed by atoms with van der Waals surface area (Å²) in [5.41, 5.74) is 1.43. The summed E-state index contributed by atoms with van der Waals surface area (Å²) in [6.07, 6.45) is 0. The lowest BCUT2D eigenvalue weighted by atomic mass is 10.1. The average Bonchev–Trinajstić information content (AvgIpc) is 2.67. The Hall–Kier alpha value is -2.28. The second kappa shape index (κ2) is 10.5. The molecule has 0 saturated carbocycles. The number of amides is 2. The number of carbonyl (C=O) groups is 2. The summed E-state index contributed by atoms with van der Waals surface area (Å²) in [5.74, 6) is 0.287. The zero-order valence-electron chi connectivity index (χ0n) is 16.8. The van der Waals surface area contributed by atoms with Gasteiger partial charge in [-0.15, -0.1) is 0 Å². The SMILES string of the molecule is COc1ccc(NC(=O)CN(C)[C@H](C)C(=O)N[C@H](C)c2ccc(Cl)cc2Cl)cc1. The Morgan fingerprint density at radius 2 is 1.76 bits per heavy atom. The van der Waals surface area contributed by atoms with Crippen molar-refractivity contribution in [2.45, 2.75) is 25.9 Å². The van der Waals surface area contributed by atoms with Gasteiger partial charge in [-0.3, -0.25) is 14.5 Å². The summed E-state index contributed by atoms with van der Waals surface area (Å²) < 4.78 is 5.09. The summed E-state index contributed by atoms with van der Waals surface area (Å²) in [6, 6.07) is 11.4. The van der Waals surface area contributed by atoms with Gasteiger partial charge < -0.3 is 15.4 Å². The Morgan fingerprint density at radius 3 is 2.34 bits per heavy atom. The molecule has 0 aliphatic carbocycles. The highest BCUT2D eigenvalue weighted by molar-refractivity contribution is 6.35. The number of nitrogens with zero attached hydrogens (tertiary/aromatic N) is 1. The van der Waals surface area contributed by atoms with E-state index in [9.17, 15) is 9.59 Å². The number of anilines is 1. The van der Waals surface area contributed by atoms with Crippen LogP contribution in [0.1, 0.15) is 25.5 Å². The molecule has 0 bridgehead atoms. The molecule has 2 atom stereocenters. The fourth-order valence-corrected chi connectivity index (χ4v) is 3.28. The second-order valence-electron chi connectivity index (χ2n) is 6.76. The molecule has 2 rings (SSSR count). The van der Waals surface area contributed by atoms with Crippen LogP contribution in [0.3, 0.4) is 0 Å². The predicted molar refractivity (Wildman–Crippen MR) is 117 cm³/mol. The fourth-order valence-electron chi connectivity index (χ4n) is 2.70. The van der Waals surface area contributed by atoms with E-state index in [0.717, 1.165) is 5.56 Å². The van der Waals surface area contributed by atoms with Crippen molar-refractivity contribution < 1.29 is 14.3 Å². The third-order valence-corrected chi connectivity index (χ3v) is 5.16. The number of carbonyl (C=O) groups excluding carboxylic acids is 2. The number of hydrogen-bond acceptors (Lipinski definition) is 4.